The van der Waals surface area contributed by atoms with E-state index >= 15 is 8.78 Å². The Hall–Kier alpha value is -4.86. The lowest BCUT2D eigenvalue weighted by Gasteiger charge is -2.27. The molecule has 4 heterocycles. The van der Waals surface area contributed by atoms with Gasteiger partial charge in [0.15, 0.2) is 23.2 Å². The molecule has 0 saturated heterocycles. The van der Waals surface area contributed by atoms with Crippen molar-refractivity contribution in [1.82, 2.24) is 33.7 Å². The van der Waals surface area contributed by atoms with Crippen molar-refractivity contribution in [2.45, 2.75) is 42.9 Å². The Kier molecular flexibility index (Phi) is 8.98. The van der Waals surface area contributed by atoms with E-state index in [-0.39, 0.29) is 39.8 Å². The Morgan fingerprint density at radius 1 is 0.981 bits per heavy atom. The van der Waals surface area contributed by atoms with Gasteiger partial charge in [0, 0.05) is 40.5 Å². The average Bonchev–Trinajstić information content (AvgIpc) is 3.85. The molecule has 10 nitrogen and oxygen atoms in total. The van der Waals surface area contributed by atoms with Crippen LogP contribution in [0.15, 0.2) is 100 Å². The monoisotopic (exact) mass is 815 g/mol. The van der Waals surface area contributed by atoms with Gasteiger partial charge in [0.1, 0.15) is 11.6 Å². The Balaban J connectivity index is 1.30. The molecule has 7 aromatic rings. The SMILES string of the molecule is Cc1c2nnn1Cc1c(c(F)cc3c1ccn3S(=O)(=O)c1ccccc1)Oc1ccc(F)c(c1)-c1nc(nn1C)C(C)(c1cccc(Br)c1)CCSC2. The first-order valence-electron chi connectivity index (χ1n) is 16.7. The number of benzene rings is 4. The van der Waals surface area contributed by atoms with E-state index in [4.69, 9.17) is 14.8 Å². The fourth-order valence-corrected chi connectivity index (χ4v) is 9.58. The molecule has 0 spiro atoms. The van der Waals surface area contributed by atoms with Crippen molar-refractivity contribution in [2.75, 3.05) is 5.75 Å². The average molecular weight is 817 g/mol. The number of fused-ring (bicyclic) bond motifs is 10. The van der Waals surface area contributed by atoms with Gasteiger partial charge in [-0.25, -0.2) is 35.5 Å². The Morgan fingerprint density at radius 2 is 1.79 bits per heavy atom. The summed E-state index contributed by atoms with van der Waals surface area (Å²) in [5, 5.41) is 14.2. The van der Waals surface area contributed by atoms with Crippen molar-refractivity contribution in [2.24, 2.45) is 7.05 Å². The van der Waals surface area contributed by atoms with E-state index in [1.165, 1.54) is 36.5 Å². The first-order valence-corrected chi connectivity index (χ1v) is 20.1. The second-order valence-electron chi connectivity index (χ2n) is 13.1. The van der Waals surface area contributed by atoms with Crippen LogP contribution in [0.3, 0.4) is 0 Å². The largest absolute Gasteiger partial charge is 0.454 e. The normalized spacial score (nSPS) is 16.5. The minimum Gasteiger partial charge on any atom is -0.454 e. The molecule has 0 amide bonds. The number of halogens is 3. The van der Waals surface area contributed by atoms with Gasteiger partial charge in [-0.1, -0.05) is 51.5 Å². The molecule has 1 atom stereocenters. The quantitative estimate of drug-likeness (QED) is 0.175. The van der Waals surface area contributed by atoms with Crippen LogP contribution in [0.4, 0.5) is 8.78 Å². The highest BCUT2D eigenvalue weighted by Crippen LogP contribution is 2.40. The number of thioether (sulfide) groups is 1. The molecule has 0 saturated carbocycles. The van der Waals surface area contributed by atoms with Crippen LogP contribution in [0.25, 0.3) is 22.3 Å². The van der Waals surface area contributed by atoms with Crippen molar-refractivity contribution in [3.8, 4) is 22.9 Å². The van der Waals surface area contributed by atoms with Gasteiger partial charge in [-0.2, -0.15) is 16.9 Å². The van der Waals surface area contributed by atoms with Crippen LogP contribution in [0.5, 0.6) is 11.5 Å². The lowest BCUT2D eigenvalue weighted by molar-refractivity contribution is 0.433. The van der Waals surface area contributed by atoms with Crippen LogP contribution in [-0.2, 0) is 34.8 Å². The lowest BCUT2D eigenvalue weighted by Crippen LogP contribution is -2.26. The molecule has 1 aliphatic rings. The Morgan fingerprint density at radius 3 is 2.58 bits per heavy atom. The van der Waals surface area contributed by atoms with E-state index in [0.717, 1.165) is 37.2 Å². The lowest BCUT2D eigenvalue weighted by atomic mass is 9.79. The van der Waals surface area contributed by atoms with E-state index in [1.807, 2.05) is 31.2 Å². The predicted octanol–water partition coefficient (Wildman–Crippen LogP) is 8.40. The molecule has 15 heteroatoms. The minimum atomic E-state index is -4.07. The van der Waals surface area contributed by atoms with Crippen molar-refractivity contribution < 1.29 is 21.9 Å². The van der Waals surface area contributed by atoms with Gasteiger partial charge in [-0.15, -0.1) is 5.10 Å². The molecule has 4 aromatic carbocycles. The van der Waals surface area contributed by atoms with Crippen LogP contribution in [0.2, 0.25) is 0 Å². The predicted molar refractivity (Wildman–Crippen MR) is 203 cm³/mol. The zero-order valence-electron chi connectivity index (χ0n) is 28.8. The Labute approximate surface area is 317 Å². The molecule has 1 unspecified atom stereocenters. The molecule has 1 aliphatic heterocycles. The van der Waals surface area contributed by atoms with Crippen LogP contribution in [-0.4, -0.2) is 47.9 Å². The van der Waals surface area contributed by atoms with Gasteiger partial charge in [-0.05, 0) is 80.1 Å². The smallest absolute Gasteiger partial charge is 0.268 e. The summed E-state index contributed by atoms with van der Waals surface area (Å²) in [6.07, 6.45) is 2.07. The summed E-state index contributed by atoms with van der Waals surface area (Å²) in [5.41, 5.74) is 2.50. The highest BCUT2D eigenvalue weighted by atomic mass is 79.9. The maximum atomic E-state index is 16.5. The number of aromatic nitrogens is 7. The van der Waals surface area contributed by atoms with Crippen LogP contribution in [0, 0.1) is 18.6 Å². The first-order chi connectivity index (χ1) is 25.4. The third-order valence-electron chi connectivity index (χ3n) is 9.76. The van der Waals surface area contributed by atoms with Gasteiger partial charge in [0.25, 0.3) is 10.0 Å². The molecule has 270 valence electrons. The Bertz CT molecular complexity index is 2640. The molecule has 0 radical (unpaired) electrons. The number of nitrogens with zero attached hydrogens (tertiary/aromatic N) is 7. The molecule has 53 heavy (non-hydrogen) atoms. The molecular weight excluding hydrogens is 784 g/mol. The third kappa shape index (κ3) is 6.23. The summed E-state index contributed by atoms with van der Waals surface area (Å²) in [5.74, 6) is 0.705. The number of hydrogen-bond acceptors (Lipinski definition) is 8. The van der Waals surface area contributed by atoms with Crippen LogP contribution < -0.4 is 4.74 Å². The second-order valence-corrected chi connectivity index (χ2v) is 16.9. The van der Waals surface area contributed by atoms with E-state index < -0.39 is 27.1 Å². The van der Waals surface area contributed by atoms with Crippen LogP contribution in [0.1, 0.15) is 41.7 Å². The summed E-state index contributed by atoms with van der Waals surface area (Å²) in [6.45, 7) is 4.00. The summed E-state index contributed by atoms with van der Waals surface area (Å²) in [6, 6.07) is 22.8. The van der Waals surface area contributed by atoms with Gasteiger partial charge >= 0.3 is 0 Å². The van der Waals surface area contributed by atoms with Crippen molar-refractivity contribution in [3.05, 3.63) is 136 Å². The maximum absolute atomic E-state index is 16.5. The van der Waals surface area contributed by atoms with E-state index in [1.54, 1.807) is 52.4 Å². The minimum absolute atomic E-state index is 0.0180. The topological polar surface area (TPSA) is 110 Å². The molecule has 3 aromatic heterocycles. The number of aryl methyl sites for hydroxylation is 1. The fourth-order valence-electron chi connectivity index (χ4n) is 6.66. The van der Waals surface area contributed by atoms with Crippen molar-refractivity contribution >= 4 is 48.6 Å². The van der Waals surface area contributed by atoms with E-state index in [2.05, 4.69) is 33.2 Å². The molecule has 0 fully saturated rings. The molecule has 0 aliphatic carbocycles. The zero-order valence-corrected chi connectivity index (χ0v) is 32.0. The molecule has 8 rings (SSSR count). The van der Waals surface area contributed by atoms with E-state index in [0.29, 0.717) is 28.9 Å². The maximum Gasteiger partial charge on any atom is 0.268 e. The molecule has 6 bridgehead atoms. The number of hydrogen-bond donors (Lipinski definition) is 0. The standard InChI is InChI=1S/C38H32BrF2N7O3S2/c1-23-33-22-52-17-15-38(2,24-8-7-9-25(39)18-24)37-42-36(46(3)44-37)29-19-26(12-13-31(29)40)51-35-30(21-47(23)45-43-33)28-14-16-48(34(28)20-32(35)41)53(49,50)27-10-5-4-6-11-27/h4-14,16,18-20H,15,17,21-22H2,1-3H3. The van der Waals surface area contributed by atoms with Gasteiger partial charge in [0.05, 0.1) is 39.3 Å². The van der Waals surface area contributed by atoms with Gasteiger partial charge in [0.2, 0.25) is 0 Å². The number of rotatable bonds is 3. The van der Waals surface area contributed by atoms with Crippen LogP contribution >= 0.6 is 27.7 Å². The van der Waals surface area contributed by atoms with Crippen molar-refractivity contribution in [3.63, 3.8) is 0 Å². The third-order valence-corrected chi connectivity index (χ3v) is 12.9. The summed E-state index contributed by atoms with van der Waals surface area (Å²) >= 11 is 5.29. The summed E-state index contributed by atoms with van der Waals surface area (Å²) in [4.78, 5) is 4.98. The molecular formula is C38H32BrF2N7O3S2. The van der Waals surface area contributed by atoms with E-state index in [9.17, 15) is 8.42 Å². The second kappa shape index (κ2) is 13.5. The fraction of sp³-hybridized carbons (Fsp3) is 0.211. The van der Waals surface area contributed by atoms with Gasteiger partial charge in [-0.3, -0.25) is 0 Å². The number of ether oxygens (including phenoxy) is 1. The zero-order chi connectivity index (χ0) is 37.1. The van der Waals surface area contributed by atoms with Crippen molar-refractivity contribution in [1.29, 1.82) is 0 Å². The molecule has 0 N–H and O–H groups in total. The highest BCUT2D eigenvalue weighted by molar-refractivity contribution is 9.10. The summed E-state index contributed by atoms with van der Waals surface area (Å²) in [7, 11) is -2.36. The summed E-state index contributed by atoms with van der Waals surface area (Å²) < 4.78 is 71.1. The highest BCUT2D eigenvalue weighted by Gasteiger charge is 2.35. The first kappa shape index (κ1) is 35.2. The van der Waals surface area contributed by atoms with Gasteiger partial charge < -0.3 is 4.74 Å².